The summed E-state index contributed by atoms with van der Waals surface area (Å²) < 4.78 is 51.6. The van der Waals surface area contributed by atoms with Gasteiger partial charge >= 0.3 is 0 Å². The lowest BCUT2D eigenvalue weighted by atomic mass is 9.96. The zero-order valence-electron chi connectivity index (χ0n) is 14.8. The fraction of sp³-hybridized carbons (Fsp3) is 0.211. The number of Topliss-reactive ketones (excluding diaryl/α,β-unsaturated/α-hetero) is 1. The van der Waals surface area contributed by atoms with Crippen LogP contribution in [0, 0.1) is 17.5 Å². The number of methoxy groups -OCH3 is 2. The number of ketones is 1. The minimum Gasteiger partial charge on any atom is -0.497 e. The average Bonchev–Trinajstić information content (AvgIpc) is 2.57. The molecule has 0 radical (unpaired) electrons. The monoisotopic (exact) mass is 365 g/mol. The number of carbonyl (C=O) groups excluding carboxylic acids is 1. The van der Waals surface area contributed by atoms with Gasteiger partial charge in [0, 0.05) is 44.1 Å². The smallest absolute Gasteiger partial charge is 0.201 e. The average molecular weight is 365 g/mol. The van der Waals surface area contributed by atoms with Gasteiger partial charge in [0.1, 0.15) is 29.0 Å². The highest BCUT2D eigenvalue weighted by Gasteiger charge is 2.24. The molecule has 2 aromatic carbocycles. The van der Waals surface area contributed by atoms with Gasteiger partial charge in [-0.05, 0) is 17.7 Å². The van der Waals surface area contributed by atoms with Crippen molar-refractivity contribution in [1.29, 1.82) is 0 Å². The predicted octanol–water partition coefficient (Wildman–Crippen LogP) is 3.91. The molecule has 0 aromatic heterocycles. The van der Waals surface area contributed by atoms with Crippen molar-refractivity contribution in [1.82, 2.24) is 4.90 Å². The minimum atomic E-state index is -1.27. The van der Waals surface area contributed by atoms with Gasteiger partial charge in [-0.2, -0.15) is 0 Å². The summed E-state index contributed by atoms with van der Waals surface area (Å²) in [6, 6.07) is 5.61. The number of benzene rings is 2. The molecule has 0 spiro atoms. The van der Waals surface area contributed by atoms with Gasteiger partial charge in [0.25, 0.3) is 0 Å². The van der Waals surface area contributed by atoms with E-state index in [0.29, 0.717) is 29.2 Å². The molecule has 0 heterocycles. The normalized spacial score (nSPS) is 11.3. The van der Waals surface area contributed by atoms with E-state index in [1.165, 1.54) is 32.6 Å². The number of rotatable bonds is 6. The molecule has 0 unspecified atom stereocenters. The number of hydrogen-bond donors (Lipinski definition) is 0. The second kappa shape index (κ2) is 7.95. The van der Waals surface area contributed by atoms with Crippen LogP contribution in [-0.2, 0) is 0 Å². The summed E-state index contributed by atoms with van der Waals surface area (Å²) in [6.45, 7) is 0. The molecule has 7 heteroatoms. The van der Waals surface area contributed by atoms with Crippen LogP contribution in [-0.4, -0.2) is 39.0 Å². The molecule has 26 heavy (non-hydrogen) atoms. The highest BCUT2D eigenvalue weighted by atomic mass is 19.1. The maximum atomic E-state index is 14.1. The molecule has 4 nitrogen and oxygen atoms in total. The lowest BCUT2D eigenvalue weighted by Gasteiger charge is -2.15. The summed E-state index contributed by atoms with van der Waals surface area (Å²) in [7, 11) is 6.19. The van der Waals surface area contributed by atoms with Crippen LogP contribution in [0.2, 0.25) is 0 Å². The Bertz CT molecular complexity index is 818. The summed E-state index contributed by atoms with van der Waals surface area (Å²) in [5.74, 6) is -3.77. The lowest BCUT2D eigenvalue weighted by Crippen LogP contribution is -2.13. The van der Waals surface area contributed by atoms with Crippen LogP contribution in [0.1, 0.15) is 15.9 Å². The maximum absolute atomic E-state index is 14.1. The van der Waals surface area contributed by atoms with E-state index in [9.17, 15) is 18.0 Å². The molecule has 0 N–H and O–H groups in total. The molecule has 2 rings (SSSR count). The third-order valence-corrected chi connectivity index (χ3v) is 3.53. The van der Waals surface area contributed by atoms with Crippen molar-refractivity contribution in [3.05, 3.63) is 65.1 Å². The standard InChI is InChI=1S/C19H18F3NO3/c1-23(2)10-15(11-5-13(25-3)9-14(6-11)26-4)19(24)18-16(21)7-12(20)8-17(18)22/h5-10H,1-4H3/b15-10+. The van der Waals surface area contributed by atoms with Crippen LogP contribution in [0.15, 0.2) is 36.5 Å². The Morgan fingerprint density at radius 1 is 0.923 bits per heavy atom. The second-order valence-corrected chi connectivity index (χ2v) is 5.68. The topological polar surface area (TPSA) is 38.8 Å². The van der Waals surface area contributed by atoms with Crippen LogP contribution >= 0.6 is 0 Å². The van der Waals surface area contributed by atoms with E-state index in [0.717, 1.165) is 0 Å². The zero-order chi connectivity index (χ0) is 19.4. The molecule has 0 atom stereocenters. The van der Waals surface area contributed by atoms with Gasteiger partial charge in [0.15, 0.2) is 0 Å². The Hall–Kier alpha value is -2.96. The first-order chi connectivity index (χ1) is 12.3. The summed E-state index contributed by atoms with van der Waals surface area (Å²) in [5, 5.41) is 0. The van der Waals surface area contributed by atoms with E-state index in [1.807, 2.05) is 0 Å². The highest BCUT2D eigenvalue weighted by molar-refractivity contribution is 6.29. The summed E-state index contributed by atoms with van der Waals surface area (Å²) in [5.41, 5.74) is -0.499. The number of halogens is 3. The molecule has 0 amide bonds. The van der Waals surface area contributed by atoms with Crippen LogP contribution in [0.4, 0.5) is 13.2 Å². The molecule has 0 bridgehead atoms. The SMILES string of the molecule is COc1cc(OC)cc(/C(=C\N(C)C)C(=O)c2c(F)cc(F)cc2F)c1. The first-order valence-corrected chi connectivity index (χ1v) is 7.57. The Kier molecular flexibility index (Phi) is 5.92. The van der Waals surface area contributed by atoms with Crippen LogP contribution in [0.3, 0.4) is 0 Å². The Morgan fingerprint density at radius 2 is 1.42 bits per heavy atom. The van der Waals surface area contributed by atoms with Crippen molar-refractivity contribution in [2.75, 3.05) is 28.3 Å². The first-order valence-electron chi connectivity index (χ1n) is 7.57. The summed E-state index contributed by atoms with van der Waals surface area (Å²) in [4.78, 5) is 14.4. The number of hydrogen-bond acceptors (Lipinski definition) is 4. The highest BCUT2D eigenvalue weighted by Crippen LogP contribution is 2.30. The molecule has 0 saturated heterocycles. The van der Waals surface area contributed by atoms with E-state index in [2.05, 4.69) is 0 Å². The van der Waals surface area contributed by atoms with Crippen LogP contribution in [0.5, 0.6) is 11.5 Å². The van der Waals surface area contributed by atoms with Gasteiger partial charge in [0.2, 0.25) is 5.78 Å². The van der Waals surface area contributed by atoms with Gasteiger partial charge in [0.05, 0.1) is 19.8 Å². The molecule has 138 valence electrons. The van der Waals surface area contributed by atoms with E-state index in [-0.39, 0.29) is 5.57 Å². The molecule has 2 aromatic rings. The maximum Gasteiger partial charge on any atom is 0.201 e. The Balaban J connectivity index is 2.65. The molecule has 0 aliphatic rings. The number of ether oxygens (including phenoxy) is 2. The second-order valence-electron chi connectivity index (χ2n) is 5.68. The predicted molar refractivity (Wildman–Crippen MR) is 91.9 cm³/mol. The van der Waals surface area contributed by atoms with Gasteiger partial charge < -0.3 is 14.4 Å². The van der Waals surface area contributed by atoms with E-state index < -0.39 is 28.8 Å². The van der Waals surface area contributed by atoms with Gasteiger partial charge in [-0.25, -0.2) is 13.2 Å². The van der Waals surface area contributed by atoms with E-state index >= 15 is 0 Å². The van der Waals surface area contributed by atoms with Gasteiger partial charge in [-0.3, -0.25) is 4.79 Å². The van der Waals surface area contributed by atoms with Crippen molar-refractivity contribution >= 4 is 11.4 Å². The summed E-state index contributed by atoms with van der Waals surface area (Å²) in [6.07, 6.45) is 1.42. The van der Waals surface area contributed by atoms with Crippen molar-refractivity contribution in [2.45, 2.75) is 0 Å². The molecular formula is C19H18F3NO3. The fourth-order valence-corrected chi connectivity index (χ4v) is 2.38. The molecule has 0 fully saturated rings. The van der Waals surface area contributed by atoms with Crippen LogP contribution < -0.4 is 9.47 Å². The number of allylic oxidation sites excluding steroid dienone is 1. The third-order valence-electron chi connectivity index (χ3n) is 3.53. The molecule has 0 aliphatic heterocycles. The van der Waals surface area contributed by atoms with Crippen molar-refractivity contribution < 1.29 is 27.4 Å². The zero-order valence-corrected chi connectivity index (χ0v) is 14.8. The molecular weight excluding hydrogens is 347 g/mol. The molecule has 0 saturated carbocycles. The fourth-order valence-electron chi connectivity index (χ4n) is 2.38. The van der Waals surface area contributed by atoms with Gasteiger partial charge in [-0.1, -0.05) is 0 Å². The largest absolute Gasteiger partial charge is 0.497 e. The van der Waals surface area contributed by atoms with E-state index in [4.69, 9.17) is 9.47 Å². The quantitative estimate of drug-likeness (QED) is 0.575. The molecule has 0 aliphatic carbocycles. The van der Waals surface area contributed by atoms with E-state index in [1.54, 1.807) is 25.1 Å². The lowest BCUT2D eigenvalue weighted by molar-refractivity contribution is 0.104. The Labute approximate surface area is 149 Å². The van der Waals surface area contributed by atoms with Crippen LogP contribution in [0.25, 0.3) is 5.57 Å². The minimum absolute atomic E-state index is 0.00314. The van der Waals surface area contributed by atoms with Crippen molar-refractivity contribution in [2.24, 2.45) is 0 Å². The van der Waals surface area contributed by atoms with Crippen molar-refractivity contribution in [3.63, 3.8) is 0 Å². The van der Waals surface area contributed by atoms with Crippen molar-refractivity contribution in [3.8, 4) is 11.5 Å². The third kappa shape index (κ3) is 4.17. The number of nitrogens with zero attached hydrogens (tertiary/aromatic N) is 1. The number of carbonyl (C=O) groups is 1. The summed E-state index contributed by atoms with van der Waals surface area (Å²) >= 11 is 0. The Morgan fingerprint density at radius 3 is 1.85 bits per heavy atom. The van der Waals surface area contributed by atoms with Gasteiger partial charge in [-0.15, -0.1) is 0 Å². The first kappa shape index (κ1) is 19.4.